The second-order valence-electron chi connectivity index (χ2n) is 17.7. The van der Waals surface area contributed by atoms with Gasteiger partial charge in [0.2, 0.25) is 0 Å². The van der Waals surface area contributed by atoms with Crippen LogP contribution in [0.2, 0.25) is 0 Å². The number of benzene rings is 7. The Bertz CT molecular complexity index is 2800. The lowest BCUT2D eigenvalue weighted by molar-refractivity contribution is 0.0764. The maximum Gasteiger partial charge on any atom is 0.153 e. The molecule has 9 aliphatic rings. The molecule has 0 amide bonds. The van der Waals surface area contributed by atoms with E-state index in [1.165, 1.54) is 38.8 Å². The van der Waals surface area contributed by atoms with Crippen molar-refractivity contribution in [3.63, 3.8) is 0 Å². The fourth-order valence-electron chi connectivity index (χ4n) is 10.5. The second-order valence-corrected chi connectivity index (χ2v) is 17.7. The lowest BCUT2D eigenvalue weighted by atomic mass is 9.69. The van der Waals surface area contributed by atoms with Crippen LogP contribution in [0.25, 0.3) is 28.0 Å². The third-order valence-corrected chi connectivity index (χ3v) is 13.5. The Morgan fingerprint density at radius 2 is 1.18 bits per heavy atom. The third-order valence-electron chi connectivity index (χ3n) is 13.5. The van der Waals surface area contributed by atoms with E-state index in [0.29, 0.717) is 26.4 Å². The molecule has 336 valence electrons. The van der Waals surface area contributed by atoms with E-state index >= 15 is 0 Å². The summed E-state index contributed by atoms with van der Waals surface area (Å²) in [4.78, 5) is 0. The maximum atomic E-state index is 7.72. The Balaban J connectivity index is 1.02. The van der Waals surface area contributed by atoms with Gasteiger partial charge < -0.3 is 33.2 Å². The molecule has 0 fully saturated rings. The van der Waals surface area contributed by atoms with Crippen LogP contribution < -0.4 is 28.4 Å². The Labute approximate surface area is 388 Å². The summed E-state index contributed by atoms with van der Waals surface area (Å²) < 4.78 is 43.8. The number of ether oxygens (including phenoxy) is 7. The first-order valence-corrected chi connectivity index (χ1v) is 23.7. The van der Waals surface area contributed by atoms with Crippen LogP contribution in [0.4, 0.5) is 0 Å². The highest BCUT2D eigenvalue weighted by atomic mass is 16.5. The summed E-state index contributed by atoms with van der Waals surface area (Å²) in [5, 5.41) is 2.28. The standard InChI is InChI=1S/C59H58O7/c1-4-32-58(33-5-2)54-12-7-6-11-51(54)55-50-30-29-49(60-3)40-53(50)57-52(56(55)58)31-35-59(66-57)34-9-8-10-41-13-17-45(18-14-41)64-47-25-21-43(22-26-47)62-38-36-61-37-39-63-44-23-27-48(28-24-44)65-46-19-15-42(59)16-20-46/h6-7,11-31,35,40H,4-5,8-10,32-34,36-39H2,1-3H3. The van der Waals surface area contributed by atoms with Crippen molar-refractivity contribution < 1.29 is 33.2 Å². The molecule has 8 heterocycles. The topological polar surface area (TPSA) is 64.6 Å². The van der Waals surface area contributed by atoms with Gasteiger partial charge in [0.1, 0.15) is 59.2 Å². The van der Waals surface area contributed by atoms with Crippen LogP contribution in [0.1, 0.15) is 86.6 Å². The summed E-state index contributed by atoms with van der Waals surface area (Å²) in [6.07, 6.45) is 12.7. The SMILES string of the molecule is CCCC1(CCC)c2ccccc2-c2c1c1c(c3cc(OC)ccc23)OC2(C=C1)CCCCc1ccc(cc1)Oc1ccc(cc1)OCCOCCOc1ccc(cc1)Oc1ccc2cc1. The predicted molar refractivity (Wildman–Crippen MR) is 263 cm³/mol. The highest BCUT2D eigenvalue weighted by Crippen LogP contribution is 2.61. The van der Waals surface area contributed by atoms with E-state index in [1.54, 1.807) is 7.11 Å². The van der Waals surface area contributed by atoms with E-state index in [1.807, 2.05) is 48.5 Å². The lowest BCUT2D eigenvalue weighted by Crippen LogP contribution is -2.34. The number of rotatable bonds is 5. The number of methoxy groups -OCH3 is 1. The average Bonchev–Trinajstić information content (AvgIpc) is 3.63. The summed E-state index contributed by atoms with van der Waals surface area (Å²) in [5.74, 6) is 6.28. The first-order valence-electron chi connectivity index (χ1n) is 23.7. The molecular weight excluding hydrogens is 821 g/mol. The summed E-state index contributed by atoms with van der Waals surface area (Å²) in [6.45, 7) is 6.41. The molecule has 0 N–H and O–H groups in total. The van der Waals surface area contributed by atoms with Gasteiger partial charge in [-0.2, -0.15) is 0 Å². The lowest BCUT2D eigenvalue weighted by Gasteiger charge is -2.39. The molecule has 1 aliphatic carbocycles. The summed E-state index contributed by atoms with van der Waals surface area (Å²) in [7, 11) is 1.74. The molecule has 16 rings (SSSR count). The Hall–Kier alpha value is -6.70. The fourth-order valence-corrected chi connectivity index (χ4v) is 10.5. The molecule has 8 bridgehead atoms. The Morgan fingerprint density at radius 3 is 1.80 bits per heavy atom. The molecule has 1 atom stereocenters. The van der Waals surface area contributed by atoms with Gasteiger partial charge >= 0.3 is 0 Å². The zero-order chi connectivity index (χ0) is 44.9. The van der Waals surface area contributed by atoms with Gasteiger partial charge in [-0.05, 0) is 174 Å². The van der Waals surface area contributed by atoms with Gasteiger partial charge in [-0.1, -0.05) is 81.3 Å². The first kappa shape index (κ1) is 43.2. The number of hydrogen-bond donors (Lipinski definition) is 0. The van der Waals surface area contributed by atoms with Crippen molar-refractivity contribution in [3.8, 4) is 57.1 Å². The van der Waals surface area contributed by atoms with Crippen molar-refractivity contribution in [1.82, 2.24) is 0 Å². The minimum absolute atomic E-state index is 0.119. The highest BCUT2D eigenvalue weighted by Gasteiger charge is 2.47. The van der Waals surface area contributed by atoms with Gasteiger partial charge in [0.05, 0.1) is 20.3 Å². The highest BCUT2D eigenvalue weighted by molar-refractivity contribution is 6.09. The van der Waals surface area contributed by atoms with Crippen molar-refractivity contribution >= 4 is 16.8 Å². The van der Waals surface area contributed by atoms with Crippen molar-refractivity contribution in [2.45, 2.75) is 76.2 Å². The summed E-state index contributed by atoms with van der Waals surface area (Å²) in [6, 6.07) is 47.9. The Kier molecular flexibility index (Phi) is 12.5. The van der Waals surface area contributed by atoms with E-state index in [0.717, 1.165) is 108 Å². The average molecular weight is 879 g/mol. The molecule has 7 aromatic rings. The van der Waals surface area contributed by atoms with Crippen LogP contribution in [0.15, 0.2) is 146 Å². The van der Waals surface area contributed by atoms with Crippen LogP contribution in [0.3, 0.4) is 0 Å². The van der Waals surface area contributed by atoms with Crippen LogP contribution >= 0.6 is 0 Å². The van der Waals surface area contributed by atoms with E-state index in [2.05, 4.69) is 117 Å². The molecule has 7 heteroatoms. The molecule has 8 aliphatic heterocycles. The molecule has 66 heavy (non-hydrogen) atoms. The van der Waals surface area contributed by atoms with Gasteiger partial charge in [0, 0.05) is 16.4 Å². The van der Waals surface area contributed by atoms with Gasteiger partial charge in [-0.3, -0.25) is 0 Å². The van der Waals surface area contributed by atoms with E-state index in [4.69, 9.17) is 33.2 Å². The summed E-state index contributed by atoms with van der Waals surface area (Å²) >= 11 is 0. The number of hydrogen-bond acceptors (Lipinski definition) is 7. The van der Waals surface area contributed by atoms with Gasteiger partial charge in [0.15, 0.2) is 5.60 Å². The van der Waals surface area contributed by atoms with Crippen molar-refractivity contribution in [2.24, 2.45) is 0 Å². The molecule has 0 saturated heterocycles. The molecular formula is C59H58O7. The molecule has 0 saturated carbocycles. The normalized spacial score (nSPS) is 17.7. The minimum atomic E-state index is -0.735. The first-order chi connectivity index (χ1) is 32.5. The van der Waals surface area contributed by atoms with Crippen LogP contribution in [-0.2, 0) is 22.2 Å². The minimum Gasteiger partial charge on any atom is -0.497 e. The second kappa shape index (κ2) is 19.0. The van der Waals surface area contributed by atoms with Crippen molar-refractivity contribution in [1.29, 1.82) is 0 Å². The van der Waals surface area contributed by atoms with Crippen LogP contribution in [-0.4, -0.2) is 33.5 Å². The zero-order valence-corrected chi connectivity index (χ0v) is 38.3. The van der Waals surface area contributed by atoms with Crippen molar-refractivity contribution in [2.75, 3.05) is 33.5 Å². The smallest absolute Gasteiger partial charge is 0.153 e. The van der Waals surface area contributed by atoms with E-state index in [-0.39, 0.29) is 5.41 Å². The predicted octanol–water partition coefficient (Wildman–Crippen LogP) is 14.8. The van der Waals surface area contributed by atoms with E-state index < -0.39 is 5.60 Å². The van der Waals surface area contributed by atoms with Gasteiger partial charge in [-0.25, -0.2) is 0 Å². The number of fused-ring (bicyclic) bond motifs is 8. The largest absolute Gasteiger partial charge is 0.497 e. The van der Waals surface area contributed by atoms with Gasteiger partial charge in [0.25, 0.3) is 0 Å². The maximum absolute atomic E-state index is 7.72. The molecule has 7 nitrogen and oxygen atoms in total. The Morgan fingerprint density at radius 1 is 0.591 bits per heavy atom. The molecule has 7 aromatic carbocycles. The molecule has 0 aromatic heterocycles. The quantitative estimate of drug-likeness (QED) is 0.171. The monoisotopic (exact) mass is 878 g/mol. The van der Waals surface area contributed by atoms with Gasteiger partial charge in [-0.15, -0.1) is 0 Å². The van der Waals surface area contributed by atoms with Crippen LogP contribution in [0.5, 0.6) is 46.0 Å². The van der Waals surface area contributed by atoms with Crippen LogP contribution in [0, 0.1) is 0 Å². The zero-order valence-electron chi connectivity index (χ0n) is 38.3. The summed E-state index contributed by atoms with van der Waals surface area (Å²) in [5.41, 5.74) is 8.20. The number of aryl methyl sites for hydroxylation is 1. The molecule has 1 spiro atoms. The third kappa shape index (κ3) is 8.49. The van der Waals surface area contributed by atoms with E-state index in [9.17, 15) is 0 Å². The molecule has 0 radical (unpaired) electrons. The van der Waals surface area contributed by atoms with Crippen molar-refractivity contribution in [3.05, 3.63) is 173 Å². The molecule has 1 unspecified atom stereocenters. The fraction of sp³-hybridized carbons (Fsp3) is 0.288.